The third-order valence-corrected chi connectivity index (χ3v) is 3.46. The summed E-state index contributed by atoms with van der Waals surface area (Å²) in [6, 6.07) is 9.52. The summed E-state index contributed by atoms with van der Waals surface area (Å²) < 4.78 is 7.32. The molecule has 2 amide bonds. The number of benzene rings is 1. The molecule has 0 aliphatic heterocycles. The van der Waals surface area contributed by atoms with Crippen LogP contribution in [0.2, 0.25) is 0 Å². The molecule has 24 heavy (non-hydrogen) atoms. The van der Waals surface area contributed by atoms with Crippen molar-refractivity contribution in [3.05, 3.63) is 56.9 Å². The van der Waals surface area contributed by atoms with E-state index in [2.05, 4.69) is 31.9 Å². The molecule has 1 aromatic carbocycles. The second-order valence-electron chi connectivity index (χ2n) is 4.84. The van der Waals surface area contributed by atoms with Gasteiger partial charge in [-0.2, -0.15) is 5.10 Å². The van der Waals surface area contributed by atoms with Crippen LogP contribution >= 0.6 is 15.9 Å². The van der Waals surface area contributed by atoms with Crippen LogP contribution in [0.1, 0.15) is 17.4 Å². The van der Waals surface area contributed by atoms with Crippen molar-refractivity contribution in [2.24, 2.45) is 7.05 Å². The first kappa shape index (κ1) is 17.7. The van der Waals surface area contributed by atoms with Crippen molar-refractivity contribution < 1.29 is 14.3 Å². The second-order valence-corrected chi connectivity index (χ2v) is 5.76. The van der Waals surface area contributed by atoms with E-state index in [0.717, 1.165) is 9.15 Å². The standard InChI is InChI=1S/C15H15BrN4O4/c1-9(24-11-5-3-4-10(16)8-11)14(22)17-18-15(23)12-6-7-13(21)20(2)19-12/h3-9H,1-2H3,(H,17,22)(H,18,23). The number of ether oxygens (including phenoxy) is 1. The zero-order valence-electron chi connectivity index (χ0n) is 12.9. The first-order valence-corrected chi connectivity index (χ1v) is 7.73. The number of nitrogens with zero attached hydrogens (tertiary/aromatic N) is 2. The van der Waals surface area contributed by atoms with Crippen LogP contribution in [0.15, 0.2) is 45.7 Å². The molecule has 0 saturated heterocycles. The number of carbonyl (C=O) groups excluding carboxylic acids is 2. The number of amides is 2. The molecule has 9 heteroatoms. The van der Waals surface area contributed by atoms with Crippen molar-refractivity contribution in [3.63, 3.8) is 0 Å². The van der Waals surface area contributed by atoms with Crippen molar-refractivity contribution in [1.82, 2.24) is 20.6 Å². The number of carbonyl (C=O) groups is 2. The first-order valence-electron chi connectivity index (χ1n) is 6.93. The van der Waals surface area contributed by atoms with E-state index in [0.29, 0.717) is 5.75 Å². The molecular weight excluding hydrogens is 380 g/mol. The van der Waals surface area contributed by atoms with Gasteiger partial charge in [-0.05, 0) is 31.2 Å². The zero-order chi connectivity index (χ0) is 17.7. The Labute approximate surface area is 145 Å². The van der Waals surface area contributed by atoms with Crippen molar-refractivity contribution >= 4 is 27.7 Å². The summed E-state index contributed by atoms with van der Waals surface area (Å²) in [6.45, 7) is 1.55. The Bertz CT molecular complexity index is 821. The van der Waals surface area contributed by atoms with Crippen molar-refractivity contribution in [3.8, 4) is 5.75 Å². The third kappa shape index (κ3) is 4.66. The molecule has 1 heterocycles. The zero-order valence-corrected chi connectivity index (χ0v) is 14.5. The minimum atomic E-state index is -0.826. The van der Waals surface area contributed by atoms with Gasteiger partial charge in [-0.25, -0.2) is 4.68 Å². The van der Waals surface area contributed by atoms with Gasteiger partial charge in [-0.3, -0.25) is 25.2 Å². The Morgan fingerprint density at radius 3 is 2.67 bits per heavy atom. The Morgan fingerprint density at radius 1 is 1.25 bits per heavy atom. The van der Waals surface area contributed by atoms with Crippen LogP contribution in [0.3, 0.4) is 0 Å². The lowest BCUT2D eigenvalue weighted by Gasteiger charge is -2.15. The lowest BCUT2D eigenvalue weighted by molar-refractivity contribution is -0.128. The molecule has 2 rings (SSSR count). The van der Waals surface area contributed by atoms with Crippen LogP contribution in [0.25, 0.3) is 0 Å². The Balaban J connectivity index is 1.90. The summed E-state index contributed by atoms with van der Waals surface area (Å²) in [5, 5.41) is 3.78. The van der Waals surface area contributed by atoms with Gasteiger partial charge in [0.05, 0.1) is 0 Å². The lowest BCUT2D eigenvalue weighted by atomic mass is 10.3. The number of aryl methyl sites for hydroxylation is 1. The first-order chi connectivity index (χ1) is 11.4. The molecule has 126 valence electrons. The van der Waals surface area contributed by atoms with E-state index in [-0.39, 0.29) is 11.3 Å². The van der Waals surface area contributed by atoms with Gasteiger partial charge >= 0.3 is 0 Å². The van der Waals surface area contributed by atoms with E-state index in [4.69, 9.17) is 4.74 Å². The normalized spacial score (nSPS) is 11.5. The molecule has 8 nitrogen and oxygen atoms in total. The molecular formula is C15H15BrN4O4. The molecule has 0 radical (unpaired) electrons. The van der Waals surface area contributed by atoms with Crippen molar-refractivity contribution in [2.45, 2.75) is 13.0 Å². The fraction of sp³-hybridized carbons (Fsp3) is 0.200. The van der Waals surface area contributed by atoms with Gasteiger partial charge in [0.1, 0.15) is 5.75 Å². The van der Waals surface area contributed by atoms with Gasteiger partial charge < -0.3 is 4.74 Å². The SMILES string of the molecule is CC(Oc1cccc(Br)c1)C(=O)NNC(=O)c1ccc(=O)n(C)n1. The second kappa shape index (κ2) is 7.73. The maximum Gasteiger partial charge on any atom is 0.290 e. The third-order valence-electron chi connectivity index (χ3n) is 2.97. The Morgan fingerprint density at radius 2 is 2.00 bits per heavy atom. The fourth-order valence-electron chi connectivity index (χ4n) is 1.71. The molecule has 1 aromatic heterocycles. The van der Waals surface area contributed by atoms with E-state index >= 15 is 0 Å². The summed E-state index contributed by atoms with van der Waals surface area (Å²) in [5.74, 6) is -0.667. The number of hydrazine groups is 1. The largest absolute Gasteiger partial charge is 0.481 e. The highest BCUT2D eigenvalue weighted by molar-refractivity contribution is 9.10. The van der Waals surface area contributed by atoms with Gasteiger partial charge in [0.15, 0.2) is 11.8 Å². The molecule has 0 spiro atoms. The number of rotatable bonds is 4. The van der Waals surface area contributed by atoms with Crippen LogP contribution in [-0.4, -0.2) is 27.7 Å². The smallest absolute Gasteiger partial charge is 0.290 e. The molecule has 1 atom stereocenters. The number of halogens is 1. The van der Waals surface area contributed by atoms with E-state index in [1.54, 1.807) is 25.1 Å². The van der Waals surface area contributed by atoms with Gasteiger partial charge in [0, 0.05) is 17.6 Å². The number of hydrogen-bond acceptors (Lipinski definition) is 5. The van der Waals surface area contributed by atoms with Crippen molar-refractivity contribution in [2.75, 3.05) is 0 Å². The monoisotopic (exact) mass is 394 g/mol. The highest BCUT2D eigenvalue weighted by Crippen LogP contribution is 2.18. The van der Waals surface area contributed by atoms with E-state index in [9.17, 15) is 14.4 Å². The topological polar surface area (TPSA) is 102 Å². The average Bonchev–Trinajstić information content (AvgIpc) is 2.54. The summed E-state index contributed by atoms with van der Waals surface area (Å²) in [6.07, 6.45) is -0.826. The maximum atomic E-state index is 12.0. The molecule has 2 aromatic rings. The average molecular weight is 395 g/mol. The quantitative estimate of drug-likeness (QED) is 0.745. The Kier molecular flexibility index (Phi) is 5.69. The molecule has 0 saturated carbocycles. The Hall–Kier alpha value is -2.68. The summed E-state index contributed by atoms with van der Waals surface area (Å²) >= 11 is 3.31. The highest BCUT2D eigenvalue weighted by Gasteiger charge is 2.16. The van der Waals surface area contributed by atoms with E-state index < -0.39 is 17.9 Å². The minimum Gasteiger partial charge on any atom is -0.481 e. The van der Waals surface area contributed by atoms with Crippen LogP contribution in [0.5, 0.6) is 5.75 Å². The van der Waals surface area contributed by atoms with Crippen LogP contribution in [0, 0.1) is 0 Å². The summed E-state index contributed by atoms with van der Waals surface area (Å²) in [5.41, 5.74) is 4.12. The lowest BCUT2D eigenvalue weighted by Crippen LogP contribution is -2.47. The van der Waals surface area contributed by atoms with Crippen LogP contribution < -0.4 is 21.1 Å². The molecule has 0 bridgehead atoms. The number of aromatic nitrogens is 2. The van der Waals surface area contributed by atoms with Gasteiger partial charge in [0.2, 0.25) is 0 Å². The molecule has 0 aliphatic carbocycles. The predicted molar refractivity (Wildman–Crippen MR) is 89.3 cm³/mol. The minimum absolute atomic E-state index is 0.00189. The van der Waals surface area contributed by atoms with Crippen LogP contribution in [0.4, 0.5) is 0 Å². The van der Waals surface area contributed by atoms with E-state index in [1.807, 2.05) is 6.07 Å². The van der Waals surface area contributed by atoms with Crippen LogP contribution in [-0.2, 0) is 11.8 Å². The van der Waals surface area contributed by atoms with E-state index in [1.165, 1.54) is 19.2 Å². The van der Waals surface area contributed by atoms with Gasteiger partial charge in [-0.15, -0.1) is 0 Å². The number of hydrogen-bond donors (Lipinski definition) is 2. The predicted octanol–water partition coefficient (Wildman–Crippen LogP) is 0.771. The maximum absolute atomic E-state index is 12.0. The fourth-order valence-corrected chi connectivity index (χ4v) is 2.08. The van der Waals surface area contributed by atoms with Crippen molar-refractivity contribution in [1.29, 1.82) is 0 Å². The molecule has 0 aliphatic rings. The summed E-state index contributed by atoms with van der Waals surface area (Å²) in [4.78, 5) is 35.1. The molecule has 0 fully saturated rings. The highest BCUT2D eigenvalue weighted by atomic mass is 79.9. The molecule has 2 N–H and O–H groups in total. The molecule has 1 unspecified atom stereocenters. The van der Waals surface area contributed by atoms with Gasteiger partial charge in [0.25, 0.3) is 17.4 Å². The van der Waals surface area contributed by atoms with Gasteiger partial charge in [-0.1, -0.05) is 22.0 Å². The summed E-state index contributed by atoms with van der Waals surface area (Å²) in [7, 11) is 1.42. The number of nitrogens with one attached hydrogen (secondary N) is 2.